The van der Waals surface area contributed by atoms with Crippen LogP contribution in [0, 0.1) is 0 Å². The summed E-state index contributed by atoms with van der Waals surface area (Å²) >= 11 is 0. The SMILES string of the molecule is COC1Cc2ccc(O)cc2C1OC. The molecule has 76 valence electrons. The van der Waals surface area contributed by atoms with E-state index >= 15 is 0 Å². The van der Waals surface area contributed by atoms with E-state index in [2.05, 4.69) is 0 Å². The fourth-order valence-corrected chi connectivity index (χ4v) is 2.04. The predicted octanol–water partition coefficient (Wildman–Crippen LogP) is 1.65. The van der Waals surface area contributed by atoms with Gasteiger partial charge < -0.3 is 14.6 Å². The van der Waals surface area contributed by atoms with Gasteiger partial charge in [0.15, 0.2) is 0 Å². The lowest BCUT2D eigenvalue weighted by Crippen LogP contribution is -2.17. The Morgan fingerprint density at radius 2 is 2.07 bits per heavy atom. The van der Waals surface area contributed by atoms with Crippen LogP contribution in [0.3, 0.4) is 0 Å². The van der Waals surface area contributed by atoms with Crippen LogP contribution in [-0.2, 0) is 15.9 Å². The van der Waals surface area contributed by atoms with Crippen LogP contribution in [-0.4, -0.2) is 25.4 Å². The van der Waals surface area contributed by atoms with E-state index in [-0.39, 0.29) is 18.0 Å². The third-order valence-corrected chi connectivity index (χ3v) is 2.75. The second kappa shape index (κ2) is 3.59. The molecule has 0 spiro atoms. The first-order valence-corrected chi connectivity index (χ1v) is 4.63. The number of hydrogen-bond donors (Lipinski definition) is 1. The first-order valence-electron chi connectivity index (χ1n) is 4.63. The Hall–Kier alpha value is -1.06. The molecule has 0 aliphatic heterocycles. The fourth-order valence-electron chi connectivity index (χ4n) is 2.04. The van der Waals surface area contributed by atoms with Gasteiger partial charge in [0, 0.05) is 20.6 Å². The summed E-state index contributed by atoms with van der Waals surface area (Å²) in [4.78, 5) is 0. The van der Waals surface area contributed by atoms with Crippen LogP contribution >= 0.6 is 0 Å². The van der Waals surface area contributed by atoms with Gasteiger partial charge in [0.1, 0.15) is 11.9 Å². The molecule has 0 saturated heterocycles. The van der Waals surface area contributed by atoms with Crippen molar-refractivity contribution in [1.82, 2.24) is 0 Å². The van der Waals surface area contributed by atoms with Gasteiger partial charge in [-0.15, -0.1) is 0 Å². The molecule has 3 nitrogen and oxygen atoms in total. The quantitative estimate of drug-likeness (QED) is 0.778. The van der Waals surface area contributed by atoms with Gasteiger partial charge in [-0.3, -0.25) is 0 Å². The smallest absolute Gasteiger partial charge is 0.115 e. The van der Waals surface area contributed by atoms with Crippen molar-refractivity contribution in [2.75, 3.05) is 14.2 Å². The highest BCUT2D eigenvalue weighted by Gasteiger charge is 2.32. The van der Waals surface area contributed by atoms with Crippen molar-refractivity contribution in [1.29, 1.82) is 0 Å². The number of benzene rings is 1. The number of ether oxygens (including phenoxy) is 2. The van der Waals surface area contributed by atoms with Crippen molar-refractivity contribution >= 4 is 0 Å². The lowest BCUT2D eigenvalue weighted by atomic mass is 10.1. The Morgan fingerprint density at radius 1 is 1.29 bits per heavy atom. The summed E-state index contributed by atoms with van der Waals surface area (Å²) in [6.07, 6.45) is 0.865. The Labute approximate surface area is 83.3 Å². The van der Waals surface area contributed by atoms with Gasteiger partial charge in [-0.1, -0.05) is 6.07 Å². The van der Waals surface area contributed by atoms with Crippen LogP contribution < -0.4 is 0 Å². The molecule has 14 heavy (non-hydrogen) atoms. The number of phenolic OH excluding ortho intramolecular Hbond substituents is 1. The number of phenols is 1. The van der Waals surface area contributed by atoms with Crippen LogP contribution in [0.25, 0.3) is 0 Å². The Kier molecular flexibility index (Phi) is 2.44. The summed E-state index contributed by atoms with van der Waals surface area (Å²) in [6, 6.07) is 5.38. The molecule has 0 saturated carbocycles. The van der Waals surface area contributed by atoms with E-state index in [1.54, 1.807) is 26.4 Å². The normalized spacial score (nSPS) is 25.0. The van der Waals surface area contributed by atoms with E-state index in [4.69, 9.17) is 9.47 Å². The fraction of sp³-hybridized carbons (Fsp3) is 0.455. The van der Waals surface area contributed by atoms with Gasteiger partial charge in [0.25, 0.3) is 0 Å². The van der Waals surface area contributed by atoms with Crippen molar-refractivity contribution in [2.24, 2.45) is 0 Å². The van der Waals surface area contributed by atoms with E-state index in [0.717, 1.165) is 12.0 Å². The molecule has 3 heteroatoms. The molecule has 2 atom stereocenters. The molecule has 1 N–H and O–H groups in total. The zero-order valence-electron chi connectivity index (χ0n) is 8.36. The summed E-state index contributed by atoms with van der Waals surface area (Å²) in [7, 11) is 3.35. The topological polar surface area (TPSA) is 38.7 Å². The summed E-state index contributed by atoms with van der Waals surface area (Å²) in [6.45, 7) is 0. The zero-order valence-corrected chi connectivity index (χ0v) is 8.36. The van der Waals surface area contributed by atoms with Gasteiger partial charge in [-0.2, -0.15) is 0 Å². The third-order valence-electron chi connectivity index (χ3n) is 2.75. The minimum atomic E-state index is -0.0536. The molecule has 0 heterocycles. The van der Waals surface area contributed by atoms with Crippen LogP contribution in [0.4, 0.5) is 0 Å². The molecule has 2 rings (SSSR count). The van der Waals surface area contributed by atoms with E-state index in [0.29, 0.717) is 0 Å². The van der Waals surface area contributed by atoms with E-state index in [1.165, 1.54) is 5.56 Å². The van der Waals surface area contributed by atoms with Crippen LogP contribution in [0.15, 0.2) is 18.2 Å². The van der Waals surface area contributed by atoms with Gasteiger partial charge in [-0.05, 0) is 23.3 Å². The molecule has 1 aliphatic carbocycles. The minimum Gasteiger partial charge on any atom is -0.508 e. The highest BCUT2D eigenvalue weighted by molar-refractivity contribution is 5.40. The lowest BCUT2D eigenvalue weighted by molar-refractivity contribution is -0.0260. The molecule has 1 aliphatic rings. The van der Waals surface area contributed by atoms with Gasteiger partial charge >= 0.3 is 0 Å². The highest BCUT2D eigenvalue weighted by atomic mass is 16.5. The third kappa shape index (κ3) is 1.38. The second-order valence-electron chi connectivity index (χ2n) is 3.52. The van der Waals surface area contributed by atoms with Gasteiger partial charge in [-0.25, -0.2) is 0 Å². The zero-order chi connectivity index (χ0) is 10.1. The molecule has 0 amide bonds. The van der Waals surface area contributed by atoms with Crippen LogP contribution in [0.2, 0.25) is 0 Å². The molecular formula is C11H14O3. The van der Waals surface area contributed by atoms with E-state index in [9.17, 15) is 5.11 Å². The van der Waals surface area contributed by atoms with Crippen molar-refractivity contribution in [2.45, 2.75) is 18.6 Å². The molecule has 1 aromatic rings. The maximum absolute atomic E-state index is 9.37. The molecule has 0 fully saturated rings. The van der Waals surface area contributed by atoms with Crippen LogP contribution in [0.1, 0.15) is 17.2 Å². The Morgan fingerprint density at radius 3 is 2.71 bits per heavy atom. The van der Waals surface area contributed by atoms with Crippen molar-refractivity contribution in [3.8, 4) is 5.75 Å². The molecule has 2 unspecified atom stereocenters. The Bertz CT molecular complexity index is 335. The molecular weight excluding hydrogens is 180 g/mol. The average Bonchev–Trinajstić information content (AvgIpc) is 2.54. The number of fused-ring (bicyclic) bond motifs is 1. The maximum Gasteiger partial charge on any atom is 0.115 e. The summed E-state index contributed by atoms with van der Waals surface area (Å²) in [5.74, 6) is 0.280. The standard InChI is InChI=1S/C11H14O3/c1-13-10-5-7-3-4-8(12)6-9(7)11(10)14-2/h3-4,6,10-12H,5H2,1-2H3. The maximum atomic E-state index is 9.37. The lowest BCUT2D eigenvalue weighted by Gasteiger charge is -2.17. The number of methoxy groups -OCH3 is 2. The first kappa shape index (κ1) is 9.49. The summed E-state index contributed by atoms with van der Waals surface area (Å²) in [5.41, 5.74) is 2.24. The van der Waals surface area contributed by atoms with Gasteiger partial charge in [0.2, 0.25) is 0 Å². The molecule has 0 radical (unpaired) electrons. The van der Waals surface area contributed by atoms with E-state index in [1.807, 2.05) is 6.07 Å². The predicted molar refractivity (Wildman–Crippen MR) is 52.4 cm³/mol. The first-order chi connectivity index (χ1) is 6.76. The largest absolute Gasteiger partial charge is 0.508 e. The molecule has 0 bridgehead atoms. The van der Waals surface area contributed by atoms with Crippen molar-refractivity contribution in [3.63, 3.8) is 0 Å². The highest BCUT2D eigenvalue weighted by Crippen LogP contribution is 2.37. The average molecular weight is 194 g/mol. The number of hydrogen-bond acceptors (Lipinski definition) is 3. The summed E-state index contributed by atoms with van der Waals surface area (Å²) < 4.78 is 10.7. The monoisotopic (exact) mass is 194 g/mol. The minimum absolute atomic E-state index is 0.0536. The molecule has 1 aromatic carbocycles. The van der Waals surface area contributed by atoms with E-state index < -0.39 is 0 Å². The van der Waals surface area contributed by atoms with Crippen molar-refractivity contribution < 1.29 is 14.6 Å². The van der Waals surface area contributed by atoms with Gasteiger partial charge in [0.05, 0.1) is 6.10 Å². The number of aromatic hydroxyl groups is 1. The van der Waals surface area contributed by atoms with Crippen molar-refractivity contribution in [3.05, 3.63) is 29.3 Å². The second-order valence-corrected chi connectivity index (χ2v) is 3.52. The number of rotatable bonds is 2. The molecule has 0 aromatic heterocycles. The Balaban J connectivity index is 2.38. The summed E-state index contributed by atoms with van der Waals surface area (Å²) in [5, 5.41) is 9.37. The van der Waals surface area contributed by atoms with Crippen LogP contribution in [0.5, 0.6) is 5.75 Å².